The predicted octanol–water partition coefficient (Wildman–Crippen LogP) is 3.40. The van der Waals surface area contributed by atoms with Crippen molar-refractivity contribution in [2.24, 2.45) is 5.73 Å². The van der Waals surface area contributed by atoms with E-state index in [0.717, 1.165) is 24.1 Å². The minimum Gasteiger partial charge on any atom is -0.323 e. The maximum Gasteiger partial charge on any atom is 0.133 e. The van der Waals surface area contributed by atoms with Crippen LogP contribution in [0.2, 0.25) is 0 Å². The average Bonchev–Trinajstić information content (AvgIpc) is 2.87. The van der Waals surface area contributed by atoms with Gasteiger partial charge < -0.3 is 5.73 Å². The number of rotatable bonds is 2. The van der Waals surface area contributed by atoms with Crippen molar-refractivity contribution in [1.29, 1.82) is 0 Å². The van der Waals surface area contributed by atoms with E-state index in [1.807, 2.05) is 12.1 Å². The van der Waals surface area contributed by atoms with E-state index in [9.17, 15) is 8.78 Å². The zero-order chi connectivity index (χ0) is 14.3. The predicted molar refractivity (Wildman–Crippen MR) is 73.3 cm³/mol. The first-order valence-electron chi connectivity index (χ1n) is 6.73. The summed E-state index contributed by atoms with van der Waals surface area (Å²) in [6.45, 7) is 1.62. The van der Waals surface area contributed by atoms with Gasteiger partial charge in [0.15, 0.2) is 0 Å². The smallest absolute Gasteiger partial charge is 0.133 e. The van der Waals surface area contributed by atoms with Gasteiger partial charge in [-0.3, -0.25) is 4.98 Å². The molecule has 0 bridgehead atoms. The van der Waals surface area contributed by atoms with E-state index >= 15 is 0 Å². The fourth-order valence-corrected chi connectivity index (χ4v) is 2.98. The lowest BCUT2D eigenvalue weighted by molar-refractivity contribution is 0.470. The molecular weight excluding hydrogens is 258 g/mol. The van der Waals surface area contributed by atoms with Gasteiger partial charge in [-0.05, 0) is 43.0 Å². The number of pyridine rings is 1. The van der Waals surface area contributed by atoms with Crippen LogP contribution in [0.15, 0.2) is 30.5 Å². The molecule has 0 spiro atoms. The Kier molecular flexibility index (Phi) is 3.26. The van der Waals surface area contributed by atoms with Gasteiger partial charge in [0.1, 0.15) is 11.6 Å². The highest BCUT2D eigenvalue weighted by molar-refractivity contribution is 5.36. The van der Waals surface area contributed by atoms with Gasteiger partial charge in [-0.2, -0.15) is 0 Å². The van der Waals surface area contributed by atoms with Crippen LogP contribution in [0, 0.1) is 18.6 Å². The fraction of sp³-hybridized carbons (Fsp3) is 0.312. The molecular formula is C16H16F2N2. The number of aromatic nitrogens is 1. The van der Waals surface area contributed by atoms with Gasteiger partial charge in [-0.25, -0.2) is 8.78 Å². The Morgan fingerprint density at radius 3 is 2.90 bits per heavy atom. The van der Waals surface area contributed by atoms with E-state index < -0.39 is 17.7 Å². The topological polar surface area (TPSA) is 38.9 Å². The lowest BCUT2D eigenvalue weighted by Crippen LogP contribution is -2.22. The van der Waals surface area contributed by atoms with Crippen LogP contribution in [0.3, 0.4) is 0 Å². The van der Waals surface area contributed by atoms with Crippen molar-refractivity contribution in [2.75, 3.05) is 0 Å². The molecule has 20 heavy (non-hydrogen) atoms. The second-order valence-corrected chi connectivity index (χ2v) is 5.31. The molecule has 2 N–H and O–H groups in total. The van der Waals surface area contributed by atoms with Crippen molar-refractivity contribution in [3.63, 3.8) is 0 Å². The van der Waals surface area contributed by atoms with Gasteiger partial charge in [0.05, 0.1) is 0 Å². The molecule has 0 saturated carbocycles. The highest BCUT2D eigenvalue weighted by Gasteiger charge is 2.32. The first-order chi connectivity index (χ1) is 9.59. The molecule has 0 fully saturated rings. The van der Waals surface area contributed by atoms with Crippen molar-refractivity contribution in [2.45, 2.75) is 31.7 Å². The first-order valence-corrected chi connectivity index (χ1v) is 6.73. The summed E-state index contributed by atoms with van der Waals surface area (Å²) in [6.07, 6.45) is 3.34. The molecule has 1 aromatic carbocycles. The monoisotopic (exact) mass is 274 g/mol. The van der Waals surface area contributed by atoms with E-state index in [0.29, 0.717) is 5.56 Å². The Balaban J connectivity index is 2.03. The second kappa shape index (κ2) is 4.94. The second-order valence-electron chi connectivity index (χ2n) is 5.31. The Labute approximate surface area is 116 Å². The minimum atomic E-state index is -0.703. The molecule has 0 aliphatic heterocycles. The number of hydrogen-bond donors (Lipinski definition) is 1. The van der Waals surface area contributed by atoms with Gasteiger partial charge in [0, 0.05) is 29.4 Å². The van der Waals surface area contributed by atoms with Crippen LogP contribution in [0.1, 0.15) is 40.8 Å². The van der Waals surface area contributed by atoms with Gasteiger partial charge in [0.2, 0.25) is 0 Å². The third-order valence-corrected chi connectivity index (χ3v) is 4.09. The molecule has 104 valence electrons. The summed E-state index contributed by atoms with van der Waals surface area (Å²) in [7, 11) is 0. The molecule has 0 radical (unpaired) electrons. The van der Waals surface area contributed by atoms with Crippen molar-refractivity contribution in [1.82, 2.24) is 4.98 Å². The highest BCUT2D eigenvalue weighted by atomic mass is 19.1. The SMILES string of the molecule is Cc1ccc(F)c(C(N)C2CCc3cccnc32)c1F. The number of fused-ring (bicyclic) bond motifs is 1. The molecule has 4 heteroatoms. The number of nitrogens with two attached hydrogens (primary N) is 1. The van der Waals surface area contributed by atoms with Gasteiger partial charge in [0.25, 0.3) is 0 Å². The van der Waals surface area contributed by atoms with Crippen LogP contribution in [-0.4, -0.2) is 4.98 Å². The molecule has 1 heterocycles. The number of hydrogen-bond acceptors (Lipinski definition) is 2. The largest absolute Gasteiger partial charge is 0.323 e. The van der Waals surface area contributed by atoms with Crippen LogP contribution in [0.25, 0.3) is 0 Å². The van der Waals surface area contributed by atoms with Gasteiger partial charge in [-0.15, -0.1) is 0 Å². The molecule has 0 saturated heterocycles. The van der Waals surface area contributed by atoms with Crippen molar-refractivity contribution in [3.05, 3.63) is 64.5 Å². The van der Waals surface area contributed by atoms with E-state index in [2.05, 4.69) is 4.98 Å². The lowest BCUT2D eigenvalue weighted by Gasteiger charge is -2.21. The summed E-state index contributed by atoms with van der Waals surface area (Å²) in [5, 5.41) is 0. The molecule has 1 aliphatic carbocycles. The number of benzene rings is 1. The number of nitrogens with zero attached hydrogens (tertiary/aromatic N) is 1. The van der Waals surface area contributed by atoms with E-state index in [1.54, 1.807) is 13.1 Å². The number of halogens is 2. The van der Waals surface area contributed by atoms with Crippen LogP contribution in [0.5, 0.6) is 0 Å². The van der Waals surface area contributed by atoms with Crippen LogP contribution in [-0.2, 0) is 6.42 Å². The van der Waals surface area contributed by atoms with E-state index in [4.69, 9.17) is 5.73 Å². The first kappa shape index (κ1) is 13.2. The minimum absolute atomic E-state index is 0.0199. The summed E-state index contributed by atoms with van der Waals surface area (Å²) in [5.74, 6) is -1.25. The Morgan fingerprint density at radius 2 is 2.10 bits per heavy atom. The molecule has 2 nitrogen and oxygen atoms in total. The fourth-order valence-electron chi connectivity index (χ4n) is 2.98. The summed E-state index contributed by atoms with van der Waals surface area (Å²) >= 11 is 0. The van der Waals surface area contributed by atoms with Gasteiger partial charge >= 0.3 is 0 Å². The van der Waals surface area contributed by atoms with Crippen molar-refractivity contribution >= 4 is 0 Å². The van der Waals surface area contributed by atoms with Crippen LogP contribution < -0.4 is 5.73 Å². The molecule has 2 unspecified atom stereocenters. The quantitative estimate of drug-likeness (QED) is 0.911. The summed E-state index contributed by atoms with van der Waals surface area (Å²) in [4.78, 5) is 4.34. The molecule has 2 atom stereocenters. The van der Waals surface area contributed by atoms with Crippen molar-refractivity contribution < 1.29 is 8.78 Å². The molecule has 0 amide bonds. The lowest BCUT2D eigenvalue weighted by atomic mass is 9.90. The number of aryl methyl sites for hydroxylation is 2. The molecule has 3 rings (SSSR count). The summed E-state index contributed by atoms with van der Waals surface area (Å²) in [6, 6.07) is 5.88. The standard InChI is InChI=1S/C16H16F2N2/c1-9-4-7-12(17)13(14(9)18)15(19)11-6-5-10-3-2-8-20-16(10)11/h2-4,7-8,11,15H,5-6,19H2,1H3. The van der Waals surface area contributed by atoms with E-state index in [-0.39, 0.29) is 11.5 Å². The zero-order valence-electron chi connectivity index (χ0n) is 11.2. The zero-order valence-corrected chi connectivity index (χ0v) is 11.2. The maximum atomic E-state index is 14.2. The summed E-state index contributed by atoms with van der Waals surface area (Å²) in [5.41, 5.74) is 8.56. The Bertz CT molecular complexity index is 655. The van der Waals surface area contributed by atoms with Gasteiger partial charge in [-0.1, -0.05) is 12.1 Å². The van der Waals surface area contributed by atoms with Crippen LogP contribution in [0.4, 0.5) is 8.78 Å². The third kappa shape index (κ3) is 2.00. The van der Waals surface area contributed by atoms with E-state index in [1.165, 1.54) is 12.1 Å². The highest BCUT2D eigenvalue weighted by Crippen LogP contribution is 2.40. The Hall–Kier alpha value is -1.81. The summed E-state index contributed by atoms with van der Waals surface area (Å²) < 4.78 is 28.2. The molecule has 1 aromatic heterocycles. The normalized spacial score (nSPS) is 18.9. The Morgan fingerprint density at radius 1 is 1.30 bits per heavy atom. The van der Waals surface area contributed by atoms with Crippen molar-refractivity contribution in [3.8, 4) is 0 Å². The average molecular weight is 274 g/mol. The molecule has 1 aliphatic rings. The molecule has 2 aromatic rings. The maximum absolute atomic E-state index is 14.2. The third-order valence-electron chi connectivity index (χ3n) is 4.09. The van der Waals surface area contributed by atoms with Crippen LogP contribution >= 0.6 is 0 Å².